The van der Waals surface area contributed by atoms with Gasteiger partial charge in [0.2, 0.25) is 0 Å². The van der Waals surface area contributed by atoms with Gasteiger partial charge in [-0.05, 0) is 35.9 Å². The van der Waals surface area contributed by atoms with Crippen molar-refractivity contribution in [2.24, 2.45) is 0 Å². The summed E-state index contributed by atoms with van der Waals surface area (Å²) in [6, 6.07) is 23.6. The Hall–Kier alpha value is -2.61. The number of carbonyl (C=O) groups is 1. The van der Waals surface area contributed by atoms with Crippen LogP contribution in [0.5, 0.6) is 0 Å². The number of Topliss-reactive ketones (excluding diaryl/α,β-unsaturated/α-hetero) is 1. The lowest BCUT2D eigenvalue weighted by Gasteiger charge is -2.39. The van der Waals surface area contributed by atoms with E-state index in [1.165, 1.54) is 27.6 Å². The quantitative estimate of drug-likeness (QED) is 0.683. The van der Waals surface area contributed by atoms with Crippen molar-refractivity contribution in [1.29, 1.82) is 0 Å². The Morgan fingerprint density at radius 1 is 1.00 bits per heavy atom. The van der Waals surface area contributed by atoms with Crippen molar-refractivity contribution in [2.45, 2.75) is 25.8 Å². The van der Waals surface area contributed by atoms with E-state index < -0.39 is 0 Å². The fourth-order valence-corrected chi connectivity index (χ4v) is 3.89. The molecule has 2 nitrogen and oxygen atoms in total. The second kappa shape index (κ2) is 6.12. The molecule has 0 spiro atoms. The number of benzene rings is 3. The molecule has 0 amide bonds. The number of ketones is 1. The normalized spacial score (nSPS) is 16.9. The Labute approximate surface area is 142 Å². The molecule has 24 heavy (non-hydrogen) atoms. The zero-order valence-electron chi connectivity index (χ0n) is 13.9. The van der Waals surface area contributed by atoms with Crippen molar-refractivity contribution in [2.75, 3.05) is 11.4 Å². The van der Waals surface area contributed by atoms with E-state index in [4.69, 9.17) is 0 Å². The third-order valence-corrected chi connectivity index (χ3v) is 4.97. The molecule has 0 aliphatic carbocycles. The Balaban J connectivity index is 1.85. The summed E-state index contributed by atoms with van der Waals surface area (Å²) in [5.41, 5.74) is 3.90. The van der Waals surface area contributed by atoms with E-state index in [0.717, 1.165) is 13.0 Å². The highest BCUT2D eigenvalue weighted by atomic mass is 16.1. The number of hydrogen-bond donors (Lipinski definition) is 0. The molecule has 4 rings (SSSR count). The summed E-state index contributed by atoms with van der Waals surface area (Å²) in [4.78, 5) is 14.4. The average Bonchev–Trinajstić information content (AvgIpc) is 2.61. The van der Waals surface area contributed by atoms with Gasteiger partial charge in [-0.1, -0.05) is 60.7 Å². The number of anilines is 1. The number of fused-ring (bicyclic) bond motifs is 2. The van der Waals surface area contributed by atoms with Crippen molar-refractivity contribution >= 4 is 22.2 Å². The van der Waals surface area contributed by atoms with Crippen molar-refractivity contribution < 1.29 is 4.79 Å². The highest BCUT2D eigenvalue weighted by Gasteiger charge is 2.29. The molecule has 0 fully saturated rings. The van der Waals surface area contributed by atoms with Crippen LogP contribution in [0.25, 0.3) is 10.8 Å². The van der Waals surface area contributed by atoms with Gasteiger partial charge in [-0.2, -0.15) is 0 Å². The van der Waals surface area contributed by atoms with E-state index in [1.807, 2.05) is 0 Å². The summed E-state index contributed by atoms with van der Waals surface area (Å²) >= 11 is 0. The lowest BCUT2D eigenvalue weighted by atomic mass is 9.89. The third-order valence-electron chi connectivity index (χ3n) is 4.97. The molecule has 1 aliphatic heterocycles. The lowest BCUT2D eigenvalue weighted by molar-refractivity contribution is -0.117. The maximum absolute atomic E-state index is 11.9. The van der Waals surface area contributed by atoms with Gasteiger partial charge in [0.1, 0.15) is 5.78 Å². The summed E-state index contributed by atoms with van der Waals surface area (Å²) in [5, 5.41) is 2.50. The standard InChI is InChI=1S/C22H21NO/c1-16(24)15-22-20-11-5-3-8-18(20)13-14-23(22)21-12-6-9-17-7-2-4-10-19(17)21/h2-12,22H,13-15H2,1H3. The summed E-state index contributed by atoms with van der Waals surface area (Å²) in [6.07, 6.45) is 1.58. The van der Waals surface area contributed by atoms with Crippen LogP contribution in [0.1, 0.15) is 30.5 Å². The first-order chi connectivity index (χ1) is 11.7. The van der Waals surface area contributed by atoms with E-state index in [1.54, 1.807) is 6.92 Å². The first-order valence-electron chi connectivity index (χ1n) is 8.55. The minimum Gasteiger partial charge on any atom is -0.363 e. The molecule has 0 radical (unpaired) electrons. The largest absolute Gasteiger partial charge is 0.363 e. The van der Waals surface area contributed by atoms with Gasteiger partial charge in [0.25, 0.3) is 0 Å². The molecule has 0 aromatic heterocycles. The molecule has 2 heteroatoms. The van der Waals surface area contributed by atoms with Gasteiger partial charge in [0.15, 0.2) is 0 Å². The third kappa shape index (κ3) is 2.58. The van der Waals surface area contributed by atoms with Crippen LogP contribution in [0.2, 0.25) is 0 Å². The Morgan fingerprint density at radius 3 is 2.62 bits per heavy atom. The van der Waals surface area contributed by atoms with Gasteiger partial charge >= 0.3 is 0 Å². The molecule has 1 atom stereocenters. The molecule has 120 valence electrons. The molecular weight excluding hydrogens is 294 g/mol. The molecule has 0 saturated carbocycles. The molecule has 3 aromatic rings. The van der Waals surface area contributed by atoms with Crippen LogP contribution in [0, 0.1) is 0 Å². The maximum atomic E-state index is 11.9. The van der Waals surface area contributed by atoms with E-state index in [9.17, 15) is 4.79 Å². The summed E-state index contributed by atoms with van der Waals surface area (Å²) in [5.74, 6) is 0.238. The maximum Gasteiger partial charge on any atom is 0.132 e. The average molecular weight is 315 g/mol. The molecule has 0 N–H and O–H groups in total. The number of rotatable bonds is 3. The predicted molar refractivity (Wildman–Crippen MR) is 99.5 cm³/mol. The van der Waals surface area contributed by atoms with Crippen LogP contribution in [0.3, 0.4) is 0 Å². The van der Waals surface area contributed by atoms with E-state index in [0.29, 0.717) is 6.42 Å². The zero-order chi connectivity index (χ0) is 16.5. The van der Waals surface area contributed by atoms with Gasteiger partial charge < -0.3 is 4.90 Å². The molecule has 0 bridgehead atoms. The van der Waals surface area contributed by atoms with Crippen LogP contribution < -0.4 is 4.90 Å². The van der Waals surface area contributed by atoms with Crippen molar-refractivity contribution in [3.05, 3.63) is 77.9 Å². The fraction of sp³-hybridized carbons (Fsp3) is 0.227. The van der Waals surface area contributed by atoms with Crippen LogP contribution in [-0.2, 0) is 11.2 Å². The van der Waals surface area contributed by atoms with E-state index >= 15 is 0 Å². The summed E-state index contributed by atoms with van der Waals surface area (Å²) in [7, 11) is 0. The topological polar surface area (TPSA) is 20.3 Å². The van der Waals surface area contributed by atoms with Crippen LogP contribution in [-0.4, -0.2) is 12.3 Å². The highest BCUT2D eigenvalue weighted by molar-refractivity contribution is 5.94. The molecule has 1 unspecified atom stereocenters. The van der Waals surface area contributed by atoms with Crippen LogP contribution in [0.4, 0.5) is 5.69 Å². The summed E-state index contributed by atoms with van der Waals surface area (Å²) < 4.78 is 0. The smallest absolute Gasteiger partial charge is 0.132 e. The van der Waals surface area contributed by atoms with Gasteiger partial charge in [-0.25, -0.2) is 0 Å². The van der Waals surface area contributed by atoms with Crippen LogP contribution in [0.15, 0.2) is 66.7 Å². The first-order valence-corrected chi connectivity index (χ1v) is 8.55. The molecular formula is C22H21NO. The molecule has 0 saturated heterocycles. The fourth-order valence-electron chi connectivity index (χ4n) is 3.89. The van der Waals surface area contributed by atoms with E-state index in [2.05, 4.69) is 71.6 Å². The first kappa shape index (κ1) is 14.9. The minimum atomic E-state index is 0.123. The zero-order valence-corrected chi connectivity index (χ0v) is 13.9. The number of hydrogen-bond acceptors (Lipinski definition) is 2. The summed E-state index contributed by atoms with van der Waals surface area (Å²) in [6.45, 7) is 2.64. The lowest BCUT2D eigenvalue weighted by Crippen LogP contribution is -2.36. The van der Waals surface area contributed by atoms with Crippen molar-refractivity contribution in [3.8, 4) is 0 Å². The van der Waals surface area contributed by atoms with Crippen LogP contribution >= 0.6 is 0 Å². The molecule has 3 aromatic carbocycles. The van der Waals surface area contributed by atoms with Gasteiger partial charge in [0, 0.05) is 24.0 Å². The van der Waals surface area contributed by atoms with Gasteiger partial charge in [-0.3, -0.25) is 4.79 Å². The monoisotopic (exact) mass is 315 g/mol. The van der Waals surface area contributed by atoms with E-state index in [-0.39, 0.29) is 11.8 Å². The van der Waals surface area contributed by atoms with Crippen molar-refractivity contribution in [3.63, 3.8) is 0 Å². The Kier molecular flexibility index (Phi) is 3.81. The van der Waals surface area contributed by atoms with Gasteiger partial charge in [-0.15, -0.1) is 0 Å². The Bertz CT molecular complexity index is 894. The number of nitrogens with zero attached hydrogens (tertiary/aromatic N) is 1. The number of carbonyl (C=O) groups excluding carboxylic acids is 1. The second-order valence-corrected chi connectivity index (χ2v) is 6.56. The van der Waals surface area contributed by atoms with Crippen molar-refractivity contribution in [1.82, 2.24) is 0 Å². The molecule has 1 aliphatic rings. The second-order valence-electron chi connectivity index (χ2n) is 6.56. The SMILES string of the molecule is CC(=O)CC1c2ccccc2CCN1c1cccc2ccccc12. The Morgan fingerprint density at radius 2 is 1.75 bits per heavy atom. The van der Waals surface area contributed by atoms with Gasteiger partial charge in [0.05, 0.1) is 6.04 Å². The minimum absolute atomic E-state index is 0.123. The predicted octanol–water partition coefficient (Wildman–Crippen LogP) is 4.92. The molecule has 1 heterocycles. The highest BCUT2D eigenvalue weighted by Crippen LogP contribution is 2.38.